The van der Waals surface area contributed by atoms with Gasteiger partial charge in [0.1, 0.15) is 5.60 Å². The first-order valence-corrected chi connectivity index (χ1v) is 5.59. The quantitative estimate of drug-likeness (QED) is 0.818. The molecule has 0 aliphatic heterocycles. The Kier molecular flexibility index (Phi) is 5.01. The van der Waals surface area contributed by atoms with Gasteiger partial charge in [0.05, 0.1) is 11.4 Å². The van der Waals surface area contributed by atoms with E-state index in [1.807, 2.05) is 27.0 Å². The van der Waals surface area contributed by atoms with Gasteiger partial charge in [-0.3, -0.25) is 4.68 Å². The highest BCUT2D eigenvalue weighted by Crippen LogP contribution is 2.22. The molecule has 0 saturated carbocycles. The van der Waals surface area contributed by atoms with Crippen LogP contribution in [-0.4, -0.2) is 14.9 Å². The SMILES string of the molecule is CC.CC(C)c1cc(C(C)(C)O)n(C)n1. The van der Waals surface area contributed by atoms with Crippen molar-refractivity contribution >= 4 is 0 Å². The van der Waals surface area contributed by atoms with Gasteiger partial charge >= 0.3 is 0 Å². The molecule has 15 heavy (non-hydrogen) atoms. The lowest BCUT2D eigenvalue weighted by atomic mass is 10.0. The summed E-state index contributed by atoms with van der Waals surface area (Å²) in [5.41, 5.74) is 1.07. The number of rotatable bonds is 2. The molecule has 3 heteroatoms. The molecule has 1 heterocycles. The average Bonchev–Trinajstić information content (AvgIpc) is 2.50. The monoisotopic (exact) mass is 212 g/mol. The van der Waals surface area contributed by atoms with E-state index in [4.69, 9.17) is 0 Å². The van der Waals surface area contributed by atoms with Crippen LogP contribution >= 0.6 is 0 Å². The van der Waals surface area contributed by atoms with Crippen molar-refractivity contribution in [1.29, 1.82) is 0 Å². The lowest BCUT2D eigenvalue weighted by molar-refractivity contribution is 0.0696. The van der Waals surface area contributed by atoms with Crippen LogP contribution < -0.4 is 0 Å². The molecule has 0 spiro atoms. The summed E-state index contributed by atoms with van der Waals surface area (Å²) < 4.78 is 1.75. The molecule has 1 N–H and O–H groups in total. The van der Waals surface area contributed by atoms with E-state index in [1.165, 1.54) is 0 Å². The molecule has 0 fully saturated rings. The highest BCUT2D eigenvalue weighted by Gasteiger charge is 2.21. The van der Waals surface area contributed by atoms with E-state index in [9.17, 15) is 5.11 Å². The van der Waals surface area contributed by atoms with Crippen LogP contribution in [-0.2, 0) is 12.6 Å². The van der Waals surface area contributed by atoms with E-state index in [-0.39, 0.29) is 0 Å². The summed E-state index contributed by atoms with van der Waals surface area (Å²) in [6.07, 6.45) is 0. The van der Waals surface area contributed by atoms with Crippen molar-refractivity contribution in [2.75, 3.05) is 0 Å². The number of aliphatic hydroxyl groups is 1. The molecule has 0 saturated heterocycles. The van der Waals surface area contributed by atoms with Gasteiger partial charge in [-0.25, -0.2) is 0 Å². The smallest absolute Gasteiger partial charge is 0.101 e. The predicted molar refractivity (Wildman–Crippen MR) is 63.9 cm³/mol. The van der Waals surface area contributed by atoms with E-state index in [0.29, 0.717) is 5.92 Å². The van der Waals surface area contributed by atoms with Crippen LogP contribution in [0.1, 0.15) is 58.8 Å². The van der Waals surface area contributed by atoms with Crippen LogP contribution in [0.3, 0.4) is 0 Å². The number of aryl methyl sites for hydroxylation is 1. The Balaban J connectivity index is 0.000000921. The molecule has 0 aromatic carbocycles. The summed E-state index contributed by atoms with van der Waals surface area (Å²) in [6.45, 7) is 11.7. The predicted octanol–water partition coefficient (Wildman–Crippen LogP) is 2.80. The molecule has 3 nitrogen and oxygen atoms in total. The lowest BCUT2D eigenvalue weighted by Crippen LogP contribution is -2.19. The summed E-state index contributed by atoms with van der Waals surface area (Å²) in [7, 11) is 1.86. The van der Waals surface area contributed by atoms with Gasteiger partial charge in [0.15, 0.2) is 0 Å². The molecule has 0 radical (unpaired) electrons. The fourth-order valence-corrected chi connectivity index (χ4v) is 1.34. The van der Waals surface area contributed by atoms with Gasteiger partial charge in [0.25, 0.3) is 0 Å². The fourth-order valence-electron chi connectivity index (χ4n) is 1.34. The van der Waals surface area contributed by atoms with Gasteiger partial charge in [-0.1, -0.05) is 27.7 Å². The molecule has 1 aromatic rings. The van der Waals surface area contributed by atoms with Crippen molar-refractivity contribution < 1.29 is 5.11 Å². The van der Waals surface area contributed by atoms with E-state index in [0.717, 1.165) is 11.4 Å². The standard InChI is InChI=1S/C10H18N2O.C2H6/c1-7(2)8-6-9(10(3,4)13)12(5)11-8;1-2/h6-7,13H,1-5H3;1-2H3. The Morgan fingerprint density at radius 1 is 1.33 bits per heavy atom. The van der Waals surface area contributed by atoms with Gasteiger partial charge in [-0.15, -0.1) is 0 Å². The van der Waals surface area contributed by atoms with Crippen molar-refractivity contribution in [3.05, 3.63) is 17.5 Å². The summed E-state index contributed by atoms with van der Waals surface area (Å²) in [4.78, 5) is 0. The zero-order valence-corrected chi connectivity index (χ0v) is 11.0. The topological polar surface area (TPSA) is 38.0 Å². The Labute approximate surface area is 93.1 Å². The van der Waals surface area contributed by atoms with Gasteiger partial charge in [-0.05, 0) is 25.8 Å². The molecule has 1 rings (SSSR count). The molecular formula is C12H24N2O. The molecule has 88 valence electrons. The van der Waals surface area contributed by atoms with Crippen LogP contribution in [0.2, 0.25) is 0 Å². The van der Waals surface area contributed by atoms with Crippen LogP contribution in [0.5, 0.6) is 0 Å². The van der Waals surface area contributed by atoms with Crippen LogP contribution in [0.15, 0.2) is 6.07 Å². The van der Waals surface area contributed by atoms with Gasteiger partial charge < -0.3 is 5.11 Å². The zero-order chi connectivity index (χ0) is 12.2. The second-order valence-electron chi connectivity index (χ2n) is 4.29. The maximum atomic E-state index is 9.80. The number of nitrogens with zero attached hydrogens (tertiary/aromatic N) is 2. The first kappa shape index (κ1) is 14.2. The van der Waals surface area contributed by atoms with E-state index < -0.39 is 5.60 Å². The second kappa shape index (κ2) is 5.31. The Morgan fingerprint density at radius 3 is 2.00 bits per heavy atom. The first-order chi connectivity index (χ1) is 6.82. The summed E-state index contributed by atoms with van der Waals surface area (Å²) >= 11 is 0. The average molecular weight is 212 g/mol. The number of hydrogen-bond acceptors (Lipinski definition) is 2. The molecule has 0 bridgehead atoms. The first-order valence-electron chi connectivity index (χ1n) is 5.59. The molecular weight excluding hydrogens is 188 g/mol. The third-order valence-electron chi connectivity index (χ3n) is 2.12. The normalized spacial score (nSPS) is 11.3. The maximum absolute atomic E-state index is 9.80. The summed E-state index contributed by atoms with van der Waals surface area (Å²) in [5, 5.41) is 14.1. The minimum atomic E-state index is -0.811. The van der Waals surface area contributed by atoms with Gasteiger partial charge in [0.2, 0.25) is 0 Å². The van der Waals surface area contributed by atoms with Gasteiger partial charge in [-0.2, -0.15) is 5.10 Å². The van der Waals surface area contributed by atoms with Crippen molar-refractivity contribution in [1.82, 2.24) is 9.78 Å². The fraction of sp³-hybridized carbons (Fsp3) is 0.750. The molecule has 0 aliphatic rings. The van der Waals surface area contributed by atoms with Gasteiger partial charge in [0, 0.05) is 7.05 Å². The molecule has 1 aromatic heterocycles. The molecule has 0 unspecified atom stereocenters. The lowest BCUT2D eigenvalue weighted by Gasteiger charge is -2.16. The van der Waals surface area contributed by atoms with Crippen molar-refractivity contribution in [2.24, 2.45) is 7.05 Å². The Bertz CT molecular complexity index is 295. The van der Waals surface area contributed by atoms with Crippen LogP contribution in [0.4, 0.5) is 0 Å². The van der Waals surface area contributed by atoms with Crippen molar-refractivity contribution in [3.8, 4) is 0 Å². The minimum absolute atomic E-state index is 0.405. The number of hydrogen-bond donors (Lipinski definition) is 1. The minimum Gasteiger partial charge on any atom is -0.384 e. The zero-order valence-electron chi connectivity index (χ0n) is 11.0. The van der Waals surface area contributed by atoms with Crippen molar-refractivity contribution in [3.63, 3.8) is 0 Å². The van der Waals surface area contributed by atoms with E-state index in [2.05, 4.69) is 18.9 Å². The molecule has 0 aliphatic carbocycles. The highest BCUT2D eigenvalue weighted by atomic mass is 16.3. The third kappa shape index (κ3) is 3.67. The molecule has 0 atom stereocenters. The van der Waals surface area contributed by atoms with Crippen LogP contribution in [0, 0.1) is 0 Å². The van der Waals surface area contributed by atoms with E-state index >= 15 is 0 Å². The maximum Gasteiger partial charge on any atom is 0.101 e. The largest absolute Gasteiger partial charge is 0.384 e. The summed E-state index contributed by atoms with van der Waals surface area (Å²) in [6, 6.07) is 1.96. The Hall–Kier alpha value is -0.830. The third-order valence-corrected chi connectivity index (χ3v) is 2.12. The second-order valence-corrected chi connectivity index (χ2v) is 4.29. The highest BCUT2D eigenvalue weighted by molar-refractivity contribution is 5.17. The Morgan fingerprint density at radius 2 is 1.80 bits per heavy atom. The van der Waals surface area contributed by atoms with Crippen molar-refractivity contribution in [2.45, 2.75) is 53.1 Å². The summed E-state index contributed by atoms with van der Waals surface area (Å²) in [5.74, 6) is 0.405. The van der Waals surface area contributed by atoms with Crippen LogP contribution in [0.25, 0.3) is 0 Å². The molecule has 0 amide bonds. The van der Waals surface area contributed by atoms with E-state index in [1.54, 1.807) is 18.5 Å². The number of aromatic nitrogens is 2.